The van der Waals surface area contributed by atoms with Gasteiger partial charge in [0.2, 0.25) is 0 Å². The third-order valence-electron chi connectivity index (χ3n) is 5.53. The number of thioether (sulfide) groups is 1. The molecule has 1 amide bonds. The Kier molecular flexibility index (Phi) is 7.38. The Hall–Kier alpha value is -2.32. The van der Waals surface area contributed by atoms with E-state index in [4.69, 9.17) is 22.1 Å². The highest BCUT2D eigenvalue weighted by Gasteiger charge is 2.42. The normalized spacial score (nSPS) is 21.2. The van der Waals surface area contributed by atoms with Crippen LogP contribution in [-0.2, 0) is 19.4 Å². The standard InChI is InChI=1S/C21H24N4O6S3/c1-13-3-2-6-24-18(13)23-17(22-5-8-31-9-7-26)15(19(24)27)11-16-20(28)25(21(32)33-16)14-4-10-34(29,30)12-14/h2-3,6,11,14,22,26H,4-5,7-10,12H2,1H3. The van der Waals surface area contributed by atoms with Gasteiger partial charge in [-0.1, -0.05) is 30.0 Å². The second kappa shape index (κ2) is 10.1. The average molecular weight is 525 g/mol. The van der Waals surface area contributed by atoms with Crippen molar-refractivity contribution >= 4 is 61.6 Å². The van der Waals surface area contributed by atoms with E-state index in [0.29, 0.717) is 24.4 Å². The molecular formula is C21H24N4O6S3. The highest BCUT2D eigenvalue weighted by atomic mass is 32.2. The van der Waals surface area contributed by atoms with Gasteiger partial charge in [-0.3, -0.25) is 18.9 Å². The van der Waals surface area contributed by atoms with Crippen LogP contribution in [0.2, 0.25) is 0 Å². The molecule has 2 aliphatic heterocycles. The summed E-state index contributed by atoms with van der Waals surface area (Å²) in [7, 11) is -3.20. The van der Waals surface area contributed by atoms with E-state index in [2.05, 4.69) is 10.3 Å². The summed E-state index contributed by atoms with van der Waals surface area (Å²) in [6.45, 7) is 2.56. The molecule has 2 aliphatic rings. The molecule has 0 saturated carbocycles. The Labute approximate surface area is 205 Å². The summed E-state index contributed by atoms with van der Waals surface area (Å²) in [5.74, 6) is -0.217. The van der Waals surface area contributed by atoms with Crippen LogP contribution in [0.25, 0.3) is 11.7 Å². The molecule has 0 spiro atoms. The lowest BCUT2D eigenvalue weighted by atomic mass is 10.2. The fourth-order valence-electron chi connectivity index (χ4n) is 3.89. The smallest absolute Gasteiger partial charge is 0.267 e. The number of aryl methyl sites for hydroxylation is 1. The van der Waals surface area contributed by atoms with E-state index in [-0.39, 0.29) is 51.7 Å². The molecule has 0 aromatic carbocycles. The molecule has 2 fully saturated rings. The number of nitrogens with one attached hydrogen (secondary N) is 1. The van der Waals surface area contributed by atoms with Gasteiger partial charge in [0.15, 0.2) is 9.84 Å². The Morgan fingerprint density at radius 3 is 2.88 bits per heavy atom. The molecule has 2 aromatic heterocycles. The van der Waals surface area contributed by atoms with Crippen LogP contribution < -0.4 is 10.9 Å². The fourth-order valence-corrected chi connectivity index (χ4v) is 6.97. The van der Waals surface area contributed by atoms with Crippen LogP contribution in [0.15, 0.2) is 28.0 Å². The number of aliphatic hydroxyl groups excluding tert-OH is 1. The number of aromatic nitrogens is 2. The number of carbonyl (C=O) groups is 1. The molecule has 2 saturated heterocycles. The molecule has 4 rings (SSSR count). The third kappa shape index (κ3) is 5.03. The molecule has 4 heterocycles. The Bertz CT molecular complexity index is 1340. The quantitative estimate of drug-likeness (QED) is 0.291. The maximum absolute atomic E-state index is 13.4. The molecule has 182 valence electrons. The van der Waals surface area contributed by atoms with Crippen LogP contribution in [0.5, 0.6) is 0 Å². The number of thiocarbonyl (C=S) groups is 1. The van der Waals surface area contributed by atoms with E-state index in [9.17, 15) is 18.0 Å². The van der Waals surface area contributed by atoms with Crippen molar-refractivity contribution < 1.29 is 23.1 Å². The lowest BCUT2D eigenvalue weighted by Gasteiger charge is -2.20. The monoisotopic (exact) mass is 524 g/mol. The highest BCUT2D eigenvalue weighted by molar-refractivity contribution is 8.26. The first-order valence-corrected chi connectivity index (χ1v) is 13.7. The van der Waals surface area contributed by atoms with Crippen molar-refractivity contribution in [2.24, 2.45) is 0 Å². The molecular weight excluding hydrogens is 500 g/mol. The number of carbonyl (C=O) groups excluding carboxylic acids is 1. The number of nitrogens with zero attached hydrogens (tertiary/aromatic N) is 3. The zero-order valence-corrected chi connectivity index (χ0v) is 20.8. The summed E-state index contributed by atoms with van der Waals surface area (Å²) in [4.78, 5) is 32.7. The van der Waals surface area contributed by atoms with Crippen molar-refractivity contribution in [1.29, 1.82) is 0 Å². The molecule has 0 aliphatic carbocycles. The van der Waals surface area contributed by atoms with Gasteiger partial charge in [-0.15, -0.1) is 0 Å². The Morgan fingerprint density at radius 1 is 1.38 bits per heavy atom. The molecule has 2 N–H and O–H groups in total. The number of amides is 1. The number of hydrogen-bond donors (Lipinski definition) is 2. The lowest BCUT2D eigenvalue weighted by molar-refractivity contribution is -0.123. The first kappa shape index (κ1) is 24.8. The summed E-state index contributed by atoms with van der Waals surface area (Å²) in [6, 6.07) is 3.09. The minimum absolute atomic E-state index is 0.0233. The molecule has 1 unspecified atom stereocenters. The average Bonchev–Trinajstić information content (AvgIpc) is 3.28. The zero-order chi connectivity index (χ0) is 24.5. The van der Waals surface area contributed by atoms with Gasteiger partial charge in [0.25, 0.3) is 11.5 Å². The molecule has 0 radical (unpaired) electrons. The summed E-state index contributed by atoms with van der Waals surface area (Å²) in [5.41, 5.74) is 1.11. The first-order valence-electron chi connectivity index (χ1n) is 10.6. The van der Waals surface area contributed by atoms with Gasteiger partial charge < -0.3 is 15.2 Å². The highest BCUT2D eigenvalue weighted by Crippen LogP contribution is 2.36. The molecule has 10 nitrogen and oxygen atoms in total. The van der Waals surface area contributed by atoms with Crippen LogP contribution in [-0.4, -0.2) is 81.9 Å². The van der Waals surface area contributed by atoms with Gasteiger partial charge in [-0.05, 0) is 31.1 Å². The fraction of sp³-hybridized carbons (Fsp3) is 0.429. The van der Waals surface area contributed by atoms with E-state index in [1.54, 1.807) is 12.3 Å². The van der Waals surface area contributed by atoms with Gasteiger partial charge in [-0.2, -0.15) is 0 Å². The zero-order valence-electron chi connectivity index (χ0n) is 18.4. The minimum Gasteiger partial charge on any atom is -0.394 e. The van der Waals surface area contributed by atoms with Crippen LogP contribution in [0.4, 0.5) is 5.82 Å². The number of rotatable bonds is 8. The minimum atomic E-state index is -3.20. The van der Waals surface area contributed by atoms with Crippen LogP contribution in [0, 0.1) is 6.92 Å². The summed E-state index contributed by atoms with van der Waals surface area (Å²) >= 11 is 6.42. The maximum Gasteiger partial charge on any atom is 0.267 e. The van der Waals surface area contributed by atoms with E-state index in [1.807, 2.05) is 13.0 Å². The van der Waals surface area contributed by atoms with Crippen molar-refractivity contribution in [2.75, 3.05) is 43.2 Å². The van der Waals surface area contributed by atoms with Crippen LogP contribution in [0.1, 0.15) is 17.5 Å². The predicted molar refractivity (Wildman–Crippen MR) is 135 cm³/mol. The first-order chi connectivity index (χ1) is 16.2. The predicted octanol–water partition coefficient (Wildman–Crippen LogP) is 0.812. The molecule has 0 bridgehead atoms. The summed E-state index contributed by atoms with van der Waals surface area (Å²) in [5, 5.41) is 11.9. The largest absolute Gasteiger partial charge is 0.394 e. The van der Waals surface area contributed by atoms with Crippen molar-refractivity contribution in [3.63, 3.8) is 0 Å². The van der Waals surface area contributed by atoms with Gasteiger partial charge in [-0.25, -0.2) is 13.4 Å². The summed E-state index contributed by atoms with van der Waals surface area (Å²) < 4.78 is 30.8. The second-order valence-electron chi connectivity index (χ2n) is 7.94. The van der Waals surface area contributed by atoms with Crippen molar-refractivity contribution in [2.45, 2.75) is 19.4 Å². The number of ether oxygens (including phenoxy) is 1. The number of pyridine rings is 1. The third-order valence-corrected chi connectivity index (χ3v) is 8.61. The molecule has 34 heavy (non-hydrogen) atoms. The van der Waals surface area contributed by atoms with Crippen molar-refractivity contribution in [1.82, 2.24) is 14.3 Å². The topological polar surface area (TPSA) is 130 Å². The van der Waals surface area contributed by atoms with Gasteiger partial charge >= 0.3 is 0 Å². The number of aliphatic hydroxyl groups is 1. The van der Waals surface area contributed by atoms with Gasteiger partial charge in [0.05, 0.1) is 47.8 Å². The lowest BCUT2D eigenvalue weighted by Crippen LogP contribution is -2.39. The molecule has 2 aromatic rings. The number of hydrogen-bond acceptors (Lipinski definition) is 10. The Morgan fingerprint density at radius 2 is 2.18 bits per heavy atom. The number of anilines is 1. The van der Waals surface area contributed by atoms with Crippen LogP contribution >= 0.6 is 24.0 Å². The second-order valence-corrected chi connectivity index (χ2v) is 11.8. The summed E-state index contributed by atoms with van der Waals surface area (Å²) in [6.07, 6.45) is 3.41. The SMILES string of the molecule is Cc1cccn2c(=O)c(C=C3SC(=S)N(C4CCS(=O)(=O)C4)C3=O)c(NCCOCCO)nc12. The van der Waals surface area contributed by atoms with E-state index in [1.165, 1.54) is 15.4 Å². The molecule has 1 atom stereocenters. The van der Waals surface area contributed by atoms with Gasteiger partial charge in [0.1, 0.15) is 15.8 Å². The molecule has 13 heteroatoms. The number of sulfone groups is 1. The van der Waals surface area contributed by atoms with E-state index in [0.717, 1.165) is 17.3 Å². The van der Waals surface area contributed by atoms with Crippen molar-refractivity contribution in [3.05, 3.63) is 44.7 Å². The van der Waals surface area contributed by atoms with Crippen LogP contribution in [0.3, 0.4) is 0 Å². The van der Waals surface area contributed by atoms with Gasteiger partial charge in [0, 0.05) is 12.7 Å². The maximum atomic E-state index is 13.4. The van der Waals surface area contributed by atoms with E-state index < -0.39 is 21.8 Å². The Balaban J connectivity index is 1.70. The number of fused-ring (bicyclic) bond motifs is 1. The van der Waals surface area contributed by atoms with E-state index >= 15 is 0 Å². The van der Waals surface area contributed by atoms with Crippen molar-refractivity contribution in [3.8, 4) is 0 Å².